The molecule has 1 unspecified atom stereocenters. The van der Waals surface area contributed by atoms with Gasteiger partial charge in [0.1, 0.15) is 11.8 Å². The highest BCUT2D eigenvalue weighted by Crippen LogP contribution is 2.19. The van der Waals surface area contributed by atoms with Gasteiger partial charge in [-0.05, 0) is 25.5 Å². The Bertz CT molecular complexity index is 532. The van der Waals surface area contributed by atoms with Gasteiger partial charge in [0.2, 0.25) is 0 Å². The van der Waals surface area contributed by atoms with Crippen molar-refractivity contribution in [1.29, 1.82) is 5.26 Å². The zero-order valence-electron chi connectivity index (χ0n) is 11.8. The number of anilines is 1. The largest absolute Gasteiger partial charge is 0.491 e. The topological polar surface area (TPSA) is 71.3 Å². The predicted octanol–water partition coefficient (Wildman–Crippen LogP) is 2.86. The Morgan fingerprint density at radius 1 is 1.55 bits per heavy atom. The van der Waals surface area contributed by atoms with E-state index < -0.39 is 5.97 Å². The van der Waals surface area contributed by atoms with Crippen LogP contribution >= 0.6 is 0 Å². The quantitative estimate of drug-likeness (QED) is 0.490. The van der Waals surface area contributed by atoms with Crippen LogP contribution in [-0.4, -0.2) is 19.2 Å². The summed E-state index contributed by atoms with van der Waals surface area (Å²) in [6, 6.07) is 9.07. The summed E-state index contributed by atoms with van der Waals surface area (Å²) in [6.07, 6.45) is 2.36. The van der Waals surface area contributed by atoms with Crippen molar-refractivity contribution < 1.29 is 14.3 Å². The lowest BCUT2D eigenvalue weighted by Crippen LogP contribution is -2.09. The van der Waals surface area contributed by atoms with Gasteiger partial charge in [-0.3, -0.25) is 0 Å². The Kier molecular flexibility index (Phi) is 6.11. The van der Waals surface area contributed by atoms with Gasteiger partial charge in [-0.1, -0.05) is 13.0 Å². The Morgan fingerprint density at radius 3 is 2.90 bits per heavy atom. The summed E-state index contributed by atoms with van der Waals surface area (Å²) in [6.45, 7) is 4.04. The lowest BCUT2D eigenvalue weighted by atomic mass is 10.2. The summed E-state index contributed by atoms with van der Waals surface area (Å²) in [5.41, 5.74) is 0.628. The molecule has 0 saturated heterocycles. The van der Waals surface area contributed by atoms with Crippen LogP contribution in [0.4, 0.5) is 5.69 Å². The fraction of sp³-hybridized carbons (Fsp3) is 0.333. The fourth-order valence-electron chi connectivity index (χ4n) is 1.38. The van der Waals surface area contributed by atoms with Crippen LogP contribution in [0.2, 0.25) is 0 Å². The number of carbonyl (C=O) groups excluding carboxylic acids is 1. The monoisotopic (exact) mass is 274 g/mol. The van der Waals surface area contributed by atoms with Gasteiger partial charge in [0.05, 0.1) is 13.2 Å². The van der Waals surface area contributed by atoms with Crippen LogP contribution in [0.25, 0.3) is 0 Å². The molecule has 0 fully saturated rings. The lowest BCUT2D eigenvalue weighted by molar-refractivity contribution is -0.135. The van der Waals surface area contributed by atoms with E-state index in [1.165, 1.54) is 13.3 Å². The van der Waals surface area contributed by atoms with Crippen LogP contribution in [0.1, 0.15) is 20.3 Å². The molecule has 0 radical (unpaired) electrons. The number of carbonyl (C=O) groups is 1. The zero-order chi connectivity index (χ0) is 15.0. The number of nitrogens with one attached hydrogen (secondary N) is 1. The molecule has 0 saturated carbocycles. The first-order valence-corrected chi connectivity index (χ1v) is 6.32. The van der Waals surface area contributed by atoms with Gasteiger partial charge in [0, 0.05) is 18.0 Å². The van der Waals surface area contributed by atoms with Crippen molar-refractivity contribution in [3.05, 3.63) is 36.0 Å². The molecule has 0 aliphatic heterocycles. The maximum absolute atomic E-state index is 11.2. The van der Waals surface area contributed by atoms with Crippen molar-refractivity contribution in [3.8, 4) is 11.8 Å². The SMILES string of the molecule is CCC(C)Oc1cccc(N/C=C(\C#N)C(=O)OC)c1. The minimum atomic E-state index is -0.674. The number of rotatable bonds is 6. The van der Waals surface area contributed by atoms with Crippen molar-refractivity contribution in [2.24, 2.45) is 0 Å². The summed E-state index contributed by atoms with van der Waals surface area (Å²) < 4.78 is 10.2. The first kappa shape index (κ1) is 15.6. The van der Waals surface area contributed by atoms with E-state index in [2.05, 4.69) is 10.1 Å². The van der Waals surface area contributed by atoms with Crippen molar-refractivity contribution in [3.63, 3.8) is 0 Å². The van der Waals surface area contributed by atoms with Gasteiger partial charge in [0.25, 0.3) is 0 Å². The molecule has 0 aliphatic carbocycles. The number of nitriles is 1. The molecule has 0 heterocycles. The molecule has 1 aromatic carbocycles. The molecular weight excluding hydrogens is 256 g/mol. The molecule has 5 nitrogen and oxygen atoms in total. The molecule has 5 heteroatoms. The molecule has 1 N–H and O–H groups in total. The van der Waals surface area contributed by atoms with Crippen molar-refractivity contribution in [2.75, 3.05) is 12.4 Å². The van der Waals surface area contributed by atoms with E-state index in [0.29, 0.717) is 0 Å². The number of methoxy groups -OCH3 is 1. The second-order valence-corrected chi connectivity index (χ2v) is 4.17. The predicted molar refractivity (Wildman–Crippen MR) is 76.2 cm³/mol. The highest BCUT2D eigenvalue weighted by atomic mass is 16.5. The van der Waals surface area contributed by atoms with Gasteiger partial charge >= 0.3 is 5.97 Å². The highest BCUT2D eigenvalue weighted by Gasteiger charge is 2.08. The third-order valence-electron chi connectivity index (χ3n) is 2.66. The third kappa shape index (κ3) is 4.65. The molecule has 106 valence electrons. The molecule has 20 heavy (non-hydrogen) atoms. The summed E-state index contributed by atoms with van der Waals surface area (Å²) >= 11 is 0. The average Bonchev–Trinajstić information content (AvgIpc) is 2.47. The van der Waals surface area contributed by atoms with E-state index in [9.17, 15) is 4.79 Å². The molecule has 0 spiro atoms. The molecule has 1 atom stereocenters. The number of esters is 1. The Hall–Kier alpha value is -2.48. The summed E-state index contributed by atoms with van der Waals surface area (Å²) in [4.78, 5) is 11.2. The fourth-order valence-corrected chi connectivity index (χ4v) is 1.38. The Labute approximate surface area is 118 Å². The minimum Gasteiger partial charge on any atom is -0.491 e. The molecule has 0 aromatic heterocycles. The maximum atomic E-state index is 11.2. The van der Waals surface area contributed by atoms with Crippen LogP contribution in [0.3, 0.4) is 0 Å². The summed E-state index contributed by atoms with van der Waals surface area (Å²) in [5, 5.41) is 11.7. The van der Waals surface area contributed by atoms with Crippen molar-refractivity contribution in [1.82, 2.24) is 0 Å². The maximum Gasteiger partial charge on any atom is 0.350 e. The first-order valence-electron chi connectivity index (χ1n) is 6.32. The van der Waals surface area contributed by atoms with Crippen LogP contribution in [0.15, 0.2) is 36.0 Å². The van der Waals surface area contributed by atoms with Crippen molar-refractivity contribution >= 4 is 11.7 Å². The van der Waals surface area contributed by atoms with E-state index in [4.69, 9.17) is 10.00 Å². The summed E-state index contributed by atoms with van der Waals surface area (Å²) in [5.74, 6) is 0.0568. The lowest BCUT2D eigenvalue weighted by Gasteiger charge is -2.13. The third-order valence-corrected chi connectivity index (χ3v) is 2.66. The van der Waals surface area contributed by atoms with Crippen LogP contribution < -0.4 is 10.1 Å². The standard InChI is InChI=1S/C15H18N2O3/c1-4-11(2)20-14-7-5-6-13(8-14)17-10-12(9-16)15(18)19-3/h5-8,10-11,17H,4H2,1-3H3/b12-10+. The number of benzene rings is 1. The normalized spacial score (nSPS) is 12.2. The zero-order valence-corrected chi connectivity index (χ0v) is 11.8. The molecule has 1 rings (SSSR count). The second kappa shape index (κ2) is 7.85. The summed E-state index contributed by atoms with van der Waals surface area (Å²) in [7, 11) is 1.23. The molecular formula is C15H18N2O3. The number of nitrogens with zero attached hydrogens (tertiary/aromatic N) is 1. The van der Waals surface area contributed by atoms with Crippen LogP contribution in [0.5, 0.6) is 5.75 Å². The molecule has 0 amide bonds. The smallest absolute Gasteiger partial charge is 0.350 e. The minimum absolute atomic E-state index is 0.0965. The van der Waals surface area contributed by atoms with E-state index in [1.807, 2.05) is 32.0 Å². The van der Waals surface area contributed by atoms with E-state index >= 15 is 0 Å². The van der Waals surface area contributed by atoms with Gasteiger partial charge in [-0.25, -0.2) is 4.79 Å². The highest BCUT2D eigenvalue weighted by molar-refractivity contribution is 5.93. The number of hydrogen-bond acceptors (Lipinski definition) is 5. The van der Waals surface area contributed by atoms with Crippen LogP contribution in [0, 0.1) is 11.3 Å². The van der Waals surface area contributed by atoms with Crippen molar-refractivity contribution in [2.45, 2.75) is 26.4 Å². The number of ether oxygens (including phenoxy) is 2. The van der Waals surface area contributed by atoms with Gasteiger partial charge in [-0.15, -0.1) is 0 Å². The second-order valence-electron chi connectivity index (χ2n) is 4.17. The molecule has 0 aliphatic rings. The van der Waals surface area contributed by atoms with Gasteiger partial charge in [-0.2, -0.15) is 5.26 Å². The average molecular weight is 274 g/mol. The molecule has 0 bridgehead atoms. The Morgan fingerprint density at radius 2 is 2.30 bits per heavy atom. The van der Waals surface area contributed by atoms with Gasteiger partial charge in [0.15, 0.2) is 5.57 Å². The van der Waals surface area contributed by atoms with E-state index in [-0.39, 0.29) is 11.7 Å². The Balaban J connectivity index is 2.78. The number of hydrogen-bond donors (Lipinski definition) is 1. The molecule has 1 aromatic rings. The first-order chi connectivity index (χ1) is 9.60. The van der Waals surface area contributed by atoms with Gasteiger partial charge < -0.3 is 14.8 Å². The van der Waals surface area contributed by atoms with E-state index in [0.717, 1.165) is 17.9 Å². The van der Waals surface area contributed by atoms with Crippen LogP contribution in [-0.2, 0) is 9.53 Å². The van der Waals surface area contributed by atoms with E-state index in [1.54, 1.807) is 12.1 Å².